The average Bonchev–Trinajstić information content (AvgIpc) is 3.36. The van der Waals surface area contributed by atoms with Gasteiger partial charge in [-0.25, -0.2) is 0 Å². The molecule has 0 saturated carbocycles. The third-order valence-electron chi connectivity index (χ3n) is 6.92. The number of hydrogen-bond acceptors (Lipinski definition) is 6. The predicted molar refractivity (Wildman–Crippen MR) is 126 cm³/mol. The molecule has 33 heavy (non-hydrogen) atoms. The number of tetrazole rings is 1. The summed E-state index contributed by atoms with van der Waals surface area (Å²) in [6.07, 6.45) is 2.01. The highest BCUT2D eigenvalue weighted by Gasteiger charge is 2.36. The first-order chi connectivity index (χ1) is 16.2. The summed E-state index contributed by atoms with van der Waals surface area (Å²) in [6, 6.07) is 20.4. The van der Waals surface area contributed by atoms with Crippen LogP contribution in [0.25, 0.3) is 5.69 Å². The van der Waals surface area contributed by atoms with E-state index in [1.165, 1.54) is 5.56 Å². The number of piperazine rings is 1. The molecule has 172 valence electrons. The standard InChI is InChI=1S/C25H31N7O/c1-20(24-26-27-28-32(24)22-11-6-3-7-12-22)29-15-17-30(18-16-29)23-13-8-14-31(25(23)33)19-21-9-4-2-5-10-21/h2-7,9-12,20,23H,8,13-19H2,1H3/t20-,23-/m0/s1. The Morgan fingerprint density at radius 3 is 2.36 bits per heavy atom. The molecule has 5 rings (SSSR count). The molecule has 1 amide bonds. The van der Waals surface area contributed by atoms with Crippen molar-refractivity contribution in [2.24, 2.45) is 0 Å². The van der Waals surface area contributed by atoms with Crippen LogP contribution in [0.1, 0.15) is 37.2 Å². The van der Waals surface area contributed by atoms with Gasteiger partial charge in [0.1, 0.15) is 0 Å². The third kappa shape index (κ3) is 4.67. The highest BCUT2D eigenvalue weighted by Crippen LogP contribution is 2.25. The molecule has 1 aromatic heterocycles. The van der Waals surface area contributed by atoms with E-state index in [1.807, 2.05) is 58.1 Å². The van der Waals surface area contributed by atoms with Crippen molar-refractivity contribution in [3.63, 3.8) is 0 Å². The minimum atomic E-state index is -0.00504. The van der Waals surface area contributed by atoms with Crippen molar-refractivity contribution in [2.45, 2.75) is 38.4 Å². The zero-order valence-electron chi connectivity index (χ0n) is 19.1. The highest BCUT2D eigenvalue weighted by atomic mass is 16.2. The van der Waals surface area contributed by atoms with Gasteiger partial charge in [0.15, 0.2) is 5.82 Å². The van der Waals surface area contributed by atoms with Crippen molar-refractivity contribution in [3.8, 4) is 5.69 Å². The molecule has 2 aromatic carbocycles. The van der Waals surface area contributed by atoms with Crippen LogP contribution in [-0.4, -0.2) is 79.6 Å². The fraction of sp³-hybridized carbons (Fsp3) is 0.440. The normalized spacial score (nSPS) is 21.3. The molecule has 8 heteroatoms. The number of aromatic nitrogens is 4. The summed E-state index contributed by atoms with van der Waals surface area (Å²) >= 11 is 0. The molecule has 0 radical (unpaired) electrons. The maximum Gasteiger partial charge on any atom is 0.240 e. The molecule has 0 spiro atoms. The monoisotopic (exact) mass is 445 g/mol. The maximum absolute atomic E-state index is 13.3. The summed E-state index contributed by atoms with van der Waals surface area (Å²) in [7, 11) is 0. The molecule has 3 aromatic rings. The molecule has 0 bridgehead atoms. The fourth-order valence-electron chi connectivity index (χ4n) is 5.03. The Balaban J connectivity index is 1.21. The third-order valence-corrected chi connectivity index (χ3v) is 6.92. The first-order valence-electron chi connectivity index (χ1n) is 11.9. The maximum atomic E-state index is 13.3. The second-order valence-corrected chi connectivity index (χ2v) is 8.94. The van der Waals surface area contributed by atoms with Crippen LogP contribution in [0.3, 0.4) is 0 Å². The van der Waals surface area contributed by atoms with Gasteiger partial charge >= 0.3 is 0 Å². The molecule has 0 N–H and O–H groups in total. The van der Waals surface area contributed by atoms with E-state index in [2.05, 4.69) is 44.4 Å². The Labute approximate surface area is 194 Å². The van der Waals surface area contributed by atoms with Crippen molar-refractivity contribution in [2.75, 3.05) is 32.7 Å². The Bertz CT molecular complexity index is 1050. The Morgan fingerprint density at radius 2 is 1.64 bits per heavy atom. The van der Waals surface area contributed by atoms with Crippen LogP contribution in [0.4, 0.5) is 0 Å². The van der Waals surface area contributed by atoms with E-state index in [1.54, 1.807) is 0 Å². The molecular weight excluding hydrogens is 414 g/mol. The molecule has 2 fully saturated rings. The van der Waals surface area contributed by atoms with Gasteiger partial charge in [-0.3, -0.25) is 14.6 Å². The summed E-state index contributed by atoms with van der Waals surface area (Å²) < 4.78 is 1.82. The van der Waals surface area contributed by atoms with Gasteiger partial charge in [-0.05, 0) is 47.9 Å². The molecule has 3 heterocycles. The smallest absolute Gasteiger partial charge is 0.240 e. The van der Waals surface area contributed by atoms with E-state index in [9.17, 15) is 4.79 Å². The fourth-order valence-corrected chi connectivity index (χ4v) is 5.03. The minimum absolute atomic E-state index is 0.00504. The van der Waals surface area contributed by atoms with E-state index in [-0.39, 0.29) is 18.0 Å². The number of hydrogen-bond donors (Lipinski definition) is 0. The number of para-hydroxylation sites is 1. The number of carbonyl (C=O) groups excluding carboxylic acids is 1. The van der Waals surface area contributed by atoms with Gasteiger partial charge in [-0.1, -0.05) is 48.5 Å². The van der Waals surface area contributed by atoms with Gasteiger partial charge in [0.25, 0.3) is 0 Å². The second kappa shape index (κ2) is 9.80. The number of piperidine rings is 1. The molecule has 0 unspecified atom stereocenters. The van der Waals surface area contributed by atoms with Gasteiger partial charge in [-0.2, -0.15) is 4.68 Å². The van der Waals surface area contributed by atoms with Crippen LogP contribution in [0.5, 0.6) is 0 Å². The summed E-state index contributed by atoms with van der Waals surface area (Å²) in [5.74, 6) is 1.12. The SMILES string of the molecule is C[C@@H](c1nnnn1-c1ccccc1)N1CCN([C@H]2CCCN(Cc3ccccc3)C2=O)CC1. The second-order valence-electron chi connectivity index (χ2n) is 8.94. The van der Waals surface area contributed by atoms with E-state index < -0.39 is 0 Å². The Morgan fingerprint density at radius 1 is 0.939 bits per heavy atom. The number of likely N-dealkylation sites (tertiary alicyclic amines) is 1. The largest absolute Gasteiger partial charge is 0.337 e. The summed E-state index contributed by atoms with van der Waals surface area (Å²) in [5, 5.41) is 12.5. The highest BCUT2D eigenvalue weighted by molar-refractivity contribution is 5.82. The molecular formula is C25H31N7O. The lowest BCUT2D eigenvalue weighted by atomic mass is 10.0. The van der Waals surface area contributed by atoms with E-state index in [0.29, 0.717) is 6.54 Å². The number of carbonyl (C=O) groups is 1. The van der Waals surface area contributed by atoms with E-state index in [0.717, 1.165) is 57.1 Å². The number of nitrogens with zero attached hydrogens (tertiary/aromatic N) is 7. The molecule has 2 atom stereocenters. The summed E-state index contributed by atoms with van der Waals surface area (Å²) in [5.41, 5.74) is 2.16. The number of benzene rings is 2. The van der Waals surface area contributed by atoms with Crippen LogP contribution in [0.15, 0.2) is 60.7 Å². The minimum Gasteiger partial charge on any atom is -0.337 e. The molecule has 2 saturated heterocycles. The van der Waals surface area contributed by atoms with Crippen LogP contribution >= 0.6 is 0 Å². The van der Waals surface area contributed by atoms with Crippen molar-refractivity contribution >= 4 is 5.91 Å². The molecule has 8 nitrogen and oxygen atoms in total. The lowest BCUT2D eigenvalue weighted by Crippen LogP contribution is -2.57. The van der Waals surface area contributed by atoms with Crippen LogP contribution in [0, 0.1) is 0 Å². The van der Waals surface area contributed by atoms with Gasteiger partial charge in [-0.15, -0.1) is 5.10 Å². The molecule has 2 aliphatic rings. The van der Waals surface area contributed by atoms with Gasteiger partial charge in [0.2, 0.25) is 5.91 Å². The summed E-state index contributed by atoms with van der Waals surface area (Å²) in [4.78, 5) is 20.1. The number of rotatable bonds is 6. The zero-order chi connectivity index (χ0) is 22.6. The van der Waals surface area contributed by atoms with Crippen LogP contribution in [0.2, 0.25) is 0 Å². The Hall–Kier alpha value is -3.10. The Kier molecular flexibility index (Phi) is 6.46. The number of amides is 1. The average molecular weight is 446 g/mol. The summed E-state index contributed by atoms with van der Waals surface area (Å²) in [6.45, 7) is 7.27. The van der Waals surface area contributed by atoms with Crippen molar-refractivity contribution in [3.05, 3.63) is 72.1 Å². The van der Waals surface area contributed by atoms with Gasteiger partial charge in [0.05, 0.1) is 17.8 Å². The predicted octanol–water partition coefficient (Wildman–Crippen LogP) is 2.53. The van der Waals surface area contributed by atoms with Gasteiger partial charge < -0.3 is 4.90 Å². The van der Waals surface area contributed by atoms with E-state index >= 15 is 0 Å². The van der Waals surface area contributed by atoms with Crippen LogP contribution in [-0.2, 0) is 11.3 Å². The van der Waals surface area contributed by atoms with Crippen molar-refractivity contribution < 1.29 is 4.79 Å². The van der Waals surface area contributed by atoms with Crippen LogP contribution < -0.4 is 0 Å². The lowest BCUT2D eigenvalue weighted by Gasteiger charge is -2.43. The van der Waals surface area contributed by atoms with Gasteiger partial charge in [0, 0.05) is 39.3 Å². The lowest BCUT2D eigenvalue weighted by molar-refractivity contribution is -0.141. The first-order valence-corrected chi connectivity index (χ1v) is 11.9. The zero-order valence-corrected chi connectivity index (χ0v) is 19.1. The van der Waals surface area contributed by atoms with Crippen molar-refractivity contribution in [1.82, 2.24) is 34.9 Å². The quantitative estimate of drug-likeness (QED) is 0.581. The molecule has 0 aliphatic carbocycles. The van der Waals surface area contributed by atoms with Crippen molar-refractivity contribution in [1.29, 1.82) is 0 Å². The topological polar surface area (TPSA) is 70.4 Å². The first kappa shape index (κ1) is 21.7. The van der Waals surface area contributed by atoms with E-state index in [4.69, 9.17) is 0 Å². The molecule has 2 aliphatic heterocycles.